The maximum Gasteiger partial charge on any atom is 0.261 e. The van der Waals surface area contributed by atoms with Crippen LogP contribution in [0.1, 0.15) is 35.0 Å². The minimum atomic E-state index is -0.660. The lowest BCUT2D eigenvalue weighted by Gasteiger charge is -2.18. The van der Waals surface area contributed by atoms with Gasteiger partial charge in [0, 0.05) is 29.5 Å². The second-order valence-electron chi connectivity index (χ2n) is 6.39. The molecule has 0 aliphatic rings. The number of carbonyl (C=O) groups is 1. The van der Waals surface area contributed by atoms with Gasteiger partial charge in [-0.2, -0.15) is 0 Å². The Balaban J connectivity index is 2.12. The SMILES string of the molecule is CCCn1c(CBr)c(C(=O)NCc2cccc(F)c2)c2cccc(F)c2c1=O. The van der Waals surface area contributed by atoms with Crippen LogP contribution >= 0.6 is 15.9 Å². The van der Waals surface area contributed by atoms with Crippen molar-refractivity contribution in [2.45, 2.75) is 31.8 Å². The lowest BCUT2D eigenvalue weighted by atomic mass is 10.0. The van der Waals surface area contributed by atoms with Gasteiger partial charge in [0.2, 0.25) is 0 Å². The summed E-state index contributed by atoms with van der Waals surface area (Å²) in [5, 5.41) is 3.18. The van der Waals surface area contributed by atoms with Crippen molar-refractivity contribution in [2.75, 3.05) is 0 Å². The average molecular weight is 449 g/mol. The first-order valence-corrected chi connectivity index (χ1v) is 10.0. The standard InChI is InChI=1S/C21H19BrF2N2O2/c1-2-9-26-17(11-22)19(15-7-4-8-16(24)18(15)21(26)28)20(27)25-12-13-5-3-6-14(23)10-13/h3-8,10H,2,9,11-12H2,1H3,(H,25,27). The summed E-state index contributed by atoms with van der Waals surface area (Å²) in [6.07, 6.45) is 0.657. The van der Waals surface area contributed by atoms with Crippen LogP contribution in [-0.2, 0) is 18.4 Å². The monoisotopic (exact) mass is 448 g/mol. The van der Waals surface area contributed by atoms with Gasteiger partial charge in [0.1, 0.15) is 11.6 Å². The normalized spacial score (nSPS) is 11.0. The van der Waals surface area contributed by atoms with Crippen LogP contribution in [0.15, 0.2) is 47.3 Å². The predicted octanol–water partition coefficient (Wildman–Crippen LogP) is 4.51. The number of nitrogens with zero attached hydrogens (tertiary/aromatic N) is 1. The summed E-state index contributed by atoms with van der Waals surface area (Å²) in [5.74, 6) is -1.50. The van der Waals surface area contributed by atoms with Crippen LogP contribution in [-0.4, -0.2) is 10.5 Å². The number of benzene rings is 2. The van der Waals surface area contributed by atoms with E-state index in [2.05, 4.69) is 21.2 Å². The van der Waals surface area contributed by atoms with E-state index in [-0.39, 0.29) is 28.2 Å². The molecule has 2 aromatic carbocycles. The maximum absolute atomic E-state index is 14.4. The largest absolute Gasteiger partial charge is 0.348 e. The molecule has 0 fully saturated rings. The highest BCUT2D eigenvalue weighted by Gasteiger charge is 2.22. The van der Waals surface area contributed by atoms with Crippen molar-refractivity contribution >= 4 is 32.6 Å². The fourth-order valence-corrected chi connectivity index (χ4v) is 3.85. The van der Waals surface area contributed by atoms with Crippen LogP contribution < -0.4 is 10.9 Å². The molecule has 4 nitrogen and oxygen atoms in total. The lowest BCUT2D eigenvalue weighted by Crippen LogP contribution is -2.31. The number of fused-ring (bicyclic) bond motifs is 1. The Labute approximate surface area is 169 Å². The van der Waals surface area contributed by atoms with Crippen molar-refractivity contribution in [1.82, 2.24) is 9.88 Å². The van der Waals surface area contributed by atoms with E-state index in [1.165, 1.54) is 28.8 Å². The zero-order chi connectivity index (χ0) is 20.3. The molecule has 0 aliphatic carbocycles. The molecule has 0 atom stereocenters. The molecule has 1 aromatic heterocycles. The summed E-state index contributed by atoms with van der Waals surface area (Å²) in [5.41, 5.74) is 0.884. The maximum atomic E-state index is 14.4. The molecule has 0 aliphatic heterocycles. The topological polar surface area (TPSA) is 51.1 Å². The fourth-order valence-electron chi connectivity index (χ4n) is 3.27. The van der Waals surface area contributed by atoms with Crippen molar-refractivity contribution in [1.29, 1.82) is 0 Å². The molecule has 7 heteroatoms. The third-order valence-electron chi connectivity index (χ3n) is 4.50. The molecule has 146 valence electrons. The number of amides is 1. The molecular formula is C21H19BrF2N2O2. The lowest BCUT2D eigenvalue weighted by molar-refractivity contribution is 0.0951. The van der Waals surface area contributed by atoms with E-state index in [0.29, 0.717) is 24.2 Å². The second kappa shape index (κ2) is 8.65. The van der Waals surface area contributed by atoms with Crippen LogP contribution in [0.3, 0.4) is 0 Å². The quantitative estimate of drug-likeness (QED) is 0.563. The van der Waals surface area contributed by atoms with Crippen molar-refractivity contribution in [3.63, 3.8) is 0 Å². The summed E-state index contributed by atoms with van der Waals surface area (Å²) in [4.78, 5) is 25.9. The molecule has 0 saturated carbocycles. The van der Waals surface area contributed by atoms with Crippen molar-refractivity contribution < 1.29 is 13.6 Å². The molecule has 1 amide bonds. The number of nitrogens with one attached hydrogen (secondary N) is 1. The van der Waals surface area contributed by atoms with Crippen LogP contribution in [0.5, 0.6) is 0 Å². The van der Waals surface area contributed by atoms with Crippen molar-refractivity contribution in [3.05, 3.63) is 81.3 Å². The van der Waals surface area contributed by atoms with Gasteiger partial charge in [-0.3, -0.25) is 9.59 Å². The van der Waals surface area contributed by atoms with Gasteiger partial charge >= 0.3 is 0 Å². The minimum Gasteiger partial charge on any atom is -0.348 e. The van der Waals surface area contributed by atoms with Gasteiger partial charge in [-0.15, -0.1) is 0 Å². The highest BCUT2D eigenvalue weighted by molar-refractivity contribution is 9.08. The molecule has 0 unspecified atom stereocenters. The molecule has 0 radical (unpaired) electrons. The summed E-state index contributed by atoms with van der Waals surface area (Å²) < 4.78 is 29.3. The Kier molecular flexibility index (Phi) is 6.24. The highest BCUT2D eigenvalue weighted by atomic mass is 79.9. The predicted molar refractivity (Wildman–Crippen MR) is 109 cm³/mol. The fraction of sp³-hybridized carbons (Fsp3) is 0.238. The van der Waals surface area contributed by atoms with E-state index in [9.17, 15) is 18.4 Å². The van der Waals surface area contributed by atoms with Gasteiger partial charge in [0.05, 0.1) is 10.9 Å². The number of pyridine rings is 1. The first kappa shape index (κ1) is 20.2. The number of halogens is 3. The number of hydrogen-bond acceptors (Lipinski definition) is 2. The van der Waals surface area contributed by atoms with Crippen molar-refractivity contribution in [2.24, 2.45) is 0 Å². The second-order valence-corrected chi connectivity index (χ2v) is 6.95. The molecule has 0 spiro atoms. The Hall–Kier alpha value is -2.54. The molecule has 0 bridgehead atoms. The Morgan fingerprint density at radius 2 is 1.93 bits per heavy atom. The third kappa shape index (κ3) is 3.85. The summed E-state index contributed by atoms with van der Waals surface area (Å²) in [6, 6.07) is 10.2. The van der Waals surface area contributed by atoms with E-state index < -0.39 is 23.1 Å². The summed E-state index contributed by atoms with van der Waals surface area (Å²) in [6.45, 7) is 2.38. The minimum absolute atomic E-state index is 0.100. The van der Waals surface area contributed by atoms with Crippen LogP contribution in [0, 0.1) is 11.6 Å². The van der Waals surface area contributed by atoms with Gasteiger partial charge in [-0.1, -0.05) is 47.1 Å². The van der Waals surface area contributed by atoms with Gasteiger partial charge in [0.25, 0.3) is 11.5 Å². The Bertz CT molecular complexity index is 1100. The molecule has 1 heterocycles. The number of aromatic nitrogens is 1. The van der Waals surface area contributed by atoms with Gasteiger partial charge in [0.15, 0.2) is 0 Å². The molecular weight excluding hydrogens is 430 g/mol. The van der Waals surface area contributed by atoms with E-state index in [0.717, 1.165) is 0 Å². The third-order valence-corrected chi connectivity index (χ3v) is 5.03. The molecule has 28 heavy (non-hydrogen) atoms. The van der Waals surface area contributed by atoms with Crippen molar-refractivity contribution in [3.8, 4) is 0 Å². The number of rotatable bonds is 6. The van der Waals surface area contributed by atoms with Crippen LogP contribution in [0.2, 0.25) is 0 Å². The van der Waals surface area contributed by atoms with E-state index >= 15 is 0 Å². The van der Waals surface area contributed by atoms with Gasteiger partial charge in [-0.25, -0.2) is 8.78 Å². The molecule has 3 rings (SSSR count). The van der Waals surface area contributed by atoms with Gasteiger partial charge in [-0.05, 0) is 30.2 Å². The van der Waals surface area contributed by atoms with Crippen LogP contribution in [0.25, 0.3) is 10.8 Å². The highest BCUT2D eigenvalue weighted by Crippen LogP contribution is 2.24. The first-order valence-electron chi connectivity index (χ1n) is 8.90. The number of hydrogen-bond donors (Lipinski definition) is 1. The van der Waals surface area contributed by atoms with Crippen LogP contribution in [0.4, 0.5) is 8.78 Å². The number of alkyl halides is 1. The molecule has 3 aromatic rings. The zero-order valence-electron chi connectivity index (χ0n) is 15.3. The average Bonchev–Trinajstić information content (AvgIpc) is 2.68. The van der Waals surface area contributed by atoms with Gasteiger partial charge < -0.3 is 9.88 Å². The van der Waals surface area contributed by atoms with E-state index in [1.807, 2.05) is 6.92 Å². The van der Waals surface area contributed by atoms with E-state index in [1.54, 1.807) is 18.2 Å². The summed E-state index contributed by atoms with van der Waals surface area (Å²) in [7, 11) is 0. The zero-order valence-corrected chi connectivity index (χ0v) is 16.9. The summed E-state index contributed by atoms with van der Waals surface area (Å²) >= 11 is 3.36. The smallest absolute Gasteiger partial charge is 0.261 e. The van der Waals surface area contributed by atoms with E-state index in [4.69, 9.17) is 0 Å². The molecule has 1 N–H and O–H groups in total. The Morgan fingerprint density at radius 1 is 1.18 bits per heavy atom. The first-order chi connectivity index (χ1) is 13.5. The number of carbonyl (C=O) groups excluding carboxylic acids is 1. The Morgan fingerprint density at radius 3 is 2.61 bits per heavy atom. The molecule has 0 saturated heterocycles.